The molecule has 76 valence electrons. The zero-order valence-corrected chi connectivity index (χ0v) is 8.67. The SMILES string of the molecule is NC(=O)N1CCCCC1c1nccs1. The number of nitrogens with zero attached hydrogens (tertiary/aromatic N) is 2. The molecule has 0 saturated carbocycles. The minimum Gasteiger partial charge on any atom is -0.351 e. The van der Waals surface area contributed by atoms with Crippen LogP contribution in [-0.4, -0.2) is 22.5 Å². The molecule has 1 atom stereocenters. The Labute approximate surface area is 86.7 Å². The van der Waals surface area contributed by atoms with Crippen molar-refractivity contribution in [2.45, 2.75) is 25.3 Å². The third-order valence-electron chi connectivity index (χ3n) is 2.52. The molecule has 1 aromatic rings. The van der Waals surface area contributed by atoms with Crippen LogP contribution in [0.4, 0.5) is 4.79 Å². The summed E-state index contributed by atoms with van der Waals surface area (Å²) in [6.45, 7) is 0.763. The molecule has 0 bridgehead atoms. The summed E-state index contributed by atoms with van der Waals surface area (Å²) in [7, 11) is 0. The number of amides is 2. The average molecular weight is 211 g/mol. The maximum atomic E-state index is 11.2. The van der Waals surface area contributed by atoms with Crippen LogP contribution in [0.3, 0.4) is 0 Å². The summed E-state index contributed by atoms with van der Waals surface area (Å²) in [6.07, 6.45) is 4.95. The maximum absolute atomic E-state index is 11.2. The largest absolute Gasteiger partial charge is 0.351 e. The summed E-state index contributed by atoms with van der Waals surface area (Å²) in [5, 5.41) is 2.94. The van der Waals surface area contributed by atoms with E-state index in [0.717, 1.165) is 30.8 Å². The van der Waals surface area contributed by atoms with Crippen LogP contribution in [0.15, 0.2) is 11.6 Å². The van der Waals surface area contributed by atoms with Gasteiger partial charge in [0.2, 0.25) is 0 Å². The number of likely N-dealkylation sites (tertiary alicyclic amines) is 1. The first-order valence-electron chi connectivity index (χ1n) is 4.74. The molecule has 0 spiro atoms. The highest BCUT2D eigenvalue weighted by Gasteiger charge is 2.27. The molecule has 1 aromatic heterocycles. The van der Waals surface area contributed by atoms with Gasteiger partial charge in [0.05, 0.1) is 6.04 Å². The first kappa shape index (κ1) is 9.45. The molecule has 0 aromatic carbocycles. The number of aromatic nitrogens is 1. The van der Waals surface area contributed by atoms with Crippen LogP contribution in [0.25, 0.3) is 0 Å². The molecule has 1 saturated heterocycles. The van der Waals surface area contributed by atoms with E-state index in [9.17, 15) is 4.79 Å². The Morgan fingerprint density at radius 2 is 2.50 bits per heavy atom. The molecule has 2 heterocycles. The van der Waals surface area contributed by atoms with Gasteiger partial charge < -0.3 is 10.6 Å². The van der Waals surface area contributed by atoms with Gasteiger partial charge in [0, 0.05) is 18.1 Å². The van der Waals surface area contributed by atoms with E-state index >= 15 is 0 Å². The minimum absolute atomic E-state index is 0.112. The van der Waals surface area contributed by atoms with Crippen LogP contribution in [0.1, 0.15) is 30.3 Å². The normalized spacial score (nSPS) is 22.3. The molecule has 5 heteroatoms. The summed E-state index contributed by atoms with van der Waals surface area (Å²) in [6, 6.07) is -0.217. The van der Waals surface area contributed by atoms with Crippen molar-refractivity contribution >= 4 is 17.4 Å². The van der Waals surface area contributed by atoms with Crippen molar-refractivity contribution in [3.8, 4) is 0 Å². The number of carbonyl (C=O) groups excluding carboxylic acids is 1. The van der Waals surface area contributed by atoms with Gasteiger partial charge in [-0.2, -0.15) is 0 Å². The van der Waals surface area contributed by atoms with Crippen LogP contribution in [0.2, 0.25) is 0 Å². The van der Waals surface area contributed by atoms with Crippen molar-refractivity contribution in [1.82, 2.24) is 9.88 Å². The highest BCUT2D eigenvalue weighted by Crippen LogP contribution is 2.31. The highest BCUT2D eigenvalue weighted by molar-refractivity contribution is 7.09. The van der Waals surface area contributed by atoms with E-state index in [0.29, 0.717) is 0 Å². The number of nitrogens with two attached hydrogens (primary N) is 1. The second kappa shape index (κ2) is 3.96. The van der Waals surface area contributed by atoms with Gasteiger partial charge >= 0.3 is 6.03 Å². The average Bonchev–Trinajstić information content (AvgIpc) is 2.70. The van der Waals surface area contributed by atoms with Crippen molar-refractivity contribution in [2.24, 2.45) is 5.73 Å². The number of urea groups is 1. The molecule has 1 unspecified atom stereocenters. The molecule has 1 aliphatic rings. The molecule has 1 aliphatic heterocycles. The summed E-state index contributed by atoms with van der Waals surface area (Å²) in [5.41, 5.74) is 5.33. The van der Waals surface area contributed by atoms with Crippen molar-refractivity contribution in [2.75, 3.05) is 6.54 Å². The second-order valence-corrected chi connectivity index (χ2v) is 4.34. The van der Waals surface area contributed by atoms with E-state index in [1.165, 1.54) is 0 Å². The van der Waals surface area contributed by atoms with Gasteiger partial charge in [-0.25, -0.2) is 9.78 Å². The van der Waals surface area contributed by atoms with Gasteiger partial charge in [0.25, 0.3) is 0 Å². The number of thiazole rings is 1. The van der Waals surface area contributed by atoms with Gasteiger partial charge in [0.15, 0.2) is 0 Å². The van der Waals surface area contributed by atoms with Gasteiger partial charge in [-0.3, -0.25) is 0 Å². The lowest BCUT2D eigenvalue weighted by molar-refractivity contribution is 0.160. The second-order valence-electron chi connectivity index (χ2n) is 3.41. The lowest BCUT2D eigenvalue weighted by Crippen LogP contribution is -2.41. The Morgan fingerprint density at radius 3 is 3.14 bits per heavy atom. The molecule has 2 rings (SSSR count). The molecule has 1 fully saturated rings. The fourth-order valence-corrected chi connectivity index (χ4v) is 2.64. The Balaban J connectivity index is 2.18. The third kappa shape index (κ3) is 1.72. The van der Waals surface area contributed by atoms with Crippen LogP contribution in [0, 0.1) is 0 Å². The summed E-state index contributed by atoms with van der Waals surface area (Å²) >= 11 is 1.59. The lowest BCUT2D eigenvalue weighted by Gasteiger charge is -2.32. The molecular weight excluding hydrogens is 198 g/mol. The van der Waals surface area contributed by atoms with Crippen molar-refractivity contribution in [1.29, 1.82) is 0 Å². The fourth-order valence-electron chi connectivity index (χ4n) is 1.85. The first-order chi connectivity index (χ1) is 6.79. The van der Waals surface area contributed by atoms with Crippen LogP contribution in [-0.2, 0) is 0 Å². The van der Waals surface area contributed by atoms with Crippen LogP contribution >= 0.6 is 11.3 Å². The number of piperidine rings is 1. The maximum Gasteiger partial charge on any atom is 0.315 e. The van der Waals surface area contributed by atoms with Crippen LogP contribution in [0.5, 0.6) is 0 Å². The standard InChI is InChI=1S/C9H13N3OS/c10-9(13)12-5-2-1-3-7(12)8-11-4-6-14-8/h4,6-7H,1-3,5H2,(H2,10,13). The number of rotatable bonds is 1. The predicted molar refractivity (Wildman–Crippen MR) is 55.0 cm³/mol. The predicted octanol–water partition coefficient (Wildman–Crippen LogP) is 1.75. The molecule has 2 N–H and O–H groups in total. The van der Waals surface area contributed by atoms with Crippen LogP contribution < -0.4 is 5.73 Å². The Morgan fingerprint density at radius 1 is 1.64 bits per heavy atom. The van der Waals surface area contributed by atoms with E-state index in [2.05, 4.69) is 4.98 Å². The monoisotopic (exact) mass is 211 g/mol. The van der Waals surface area contributed by atoms with Gasteiger partial charge in [-0.05, 0) is 19.3 Å². The Hall–Kier alpha value is -1.10. The van der Waals surface area contributed by atoms with Crippen molar-refractivity contribution in [3.63, 3.8) is 0 Å². The van der Waals surface area contributed by atoms with E-state index in [1.54, 1.807) is 22.4 Å². The van der Waals surface area contributed by atoms with E-state index in [1.807, 2.05) is 5.38 Å². The third-order valence-corrected chi connectivity index (χ3v) is 3.40. The van der Waals surface area contributed by atoms with Crippen molar-refractivity contribution < 1.29 is 4.79 Å². The summed E-state index contributed by atoms with van der Waals surface area (Å²) in [4.78, 5) is 17.2. The molecule has 4 nitrogen and oxygen atoms in total. The topological polar surface area (TPSA) is 59.2 Å². The van der Waals surface area contributed by atoms with Gasteiger partial charge in [-0.15, -0.1) is 11.3 Å². The minimum atomic E-state index is -0.329. The van der Waals surface area contributed by atoms with Gasteiger partial charge in [-0.1, -0.05) is 0 Å². The highest BCUT2D eigenvalue weighted by atomic mass is 32.1. The Kier molecular flexibility index (Phi) is 2.67. The number of hydrogen-bond acceptors (Lipinski definition) is 3. The summed E-state index contributed by atoms with van der Waals surface area (Å²) in [5.74, 6) is 0. The van der Waals surface area contributed by atoms with E-state index in [-0.39, 0.29) is 12.1 Å². The zero-order valence-electron chi connectivity index (χ0n) is 7.85. The van der Waals surface area contributed by atoms with E-state index < -0.39 is 0 Å². The summed E-state index contributed by atoms with van der Waals surface area (Å²) < 4.78 is 0. The lowest BCUT2D eigenvalue weighted by atomic mass is 10.0. The molecule has 0 radical (unpaired) electrons. The zero-order chi connectivity index (χ0) is 9.97. The quantitative estimate of drug-likeness (QED) is 0.769. The number of primary amides is 1. The Bertz CT molecular complexity index is 312. The molecular formula is C9H13N3OS. The fraction of sp³-hybridized carbons (Fsp3) is 0.556. The number of hydrogen-bond donors (Lipinski definition) is 1. The van der Waals surface area contributed by atoms with Crippen molar-refractivity contribution in [3.05, 3.63) is 16.6 Å². The first-order valence-corrected chi connectivity index (χ1v) is 5.62. The molecule has 0 aliphatic carbocycles. The smallest absolute Gasteiger partial charge is 0.315 e. The van der Waals surface area contributed by atoms with Gasteiger partial charge in [0.1, 0.15) is 5.01 Å². The number of carbonyl (C=O) groups is 1. The molecule has 2 amide bonds. The molecule has 14 heavy (non-hydrogen) atoms. The van der Waals surface area contributed by atoms with E-state index in [4.69, 9.17) is 5.73 Å².